The van der Waals surface area contributed by atoms with Crippen molar-refractivity contribution in [3.63, 3.8) is 0 Å². The molecule has 2 heterocycles. The molecular weight excluding hydrogens is 288 g/mol. The highest BCUT2D eigenvalue weighted by Gasteiger charge is 2.25. The van der Waals surface area contributed by atoms with E-state index in [-0.39, 0.29) is 6.04 Å². The van der Waals surface area contributed by atoms with E-state index in [1.165, 1.54) is 11.1 Å². The van der Waals surface area contributed by atoms with Crippen LogP contribution in [0.5, 0.6) is 0 Å². The van der Waals surface area contributed by atoms with Crippen molar-refractivity contribution in [3.8, 4) is 0 Å². The lowest BCUT2D eigenvalue weighted by atomic mass is 10.0. The summed E-state index contributed by atoms with van der Waals surface area (Å²) < 4.78 is 5.45. The van der Waals surface area contributed by atoms with E-state index >= 15 is 0 Å². The van der Waals surface area contributed by atoms with Crippen molar-refractivity contribution >= 4 is 0 Å². The van der Waals surface area contributed by atoms with E-state index in [1.54, 1.807) is 0 Å². The molecule has 1 aliphatic rings. The summed E-state index contributed by atoms with van der Waals surface area (Å²) in [5, 5.41) is 7.56. The van der Waals surface area contributed by atoms with E-state index in [0.29, 0.717) is 18.2 Å². The summed E-state index contributed by atoms with van der Waals surface area (Å²) in [5.41, 5.74) is 2.59. The first-order chi connectivity index (χ1) is 11.1. The Hall–Kier alpha value is -1.72. The highest BCUT2D eigenvalue weighted by molar-refractivity contribution is 5.24. The summed E-state index contributed by atoms with van der Waals surface area (Å²) in [6.07, 6.45) is 1.81. The monoisotopic (exact) mass is 314 g/mol. The molecule has 1 saturated heterocycles. The number of nitrogens with one attached hydrogen (secondary N) is 1. The molecule has 1 aliphatic heterocycles. The third-order valence-corrected chi connectivity index (χ3v) is 4.32. The van der Waals surface area contributed by atoms with Gasteiger partial charge in [-0.05, 0) is 30.5 Å². The molecule has 0 spiro atoms. The molecule has 5 nitrogen and oxygen atoms in total. The van der Waals surface area contributed by atoms with E-state index in [9.17, 15) is 0 Å². The Balaban J connectivity index is 1.64. The van der Waals surface area contributed by atoms with Gasteiger partial charge in [0.05, 0.1) is 12.5 Å². The Morgan fingerprint density at radius 1 is 1.26 bits per heavy atom. The van der Waals surface area contributed by atoms with Gasteiger partial charge in [-0.25, -0.2) is 0 Å². The number of aromatic nitrogens is 2. The fourth-order valence-corrected chi connectivity index (χ4v) is 3.01. The molecule has 5 heteroatoms. The zero-order chi connectivity index (χ0) is 16.2. The first-order valence-corrected chi connectivity index (χ1v) is 8.43. The van der Waals surface area contributed by atoms with Crippen molar-refractivity contribution in [2.75, 3.05) is 26.7 Å². The number of likely N-dealkylation sites (N-methyl/N-ethyl adjacent to an activating group) is 1. The first kappa shape index (κ1) is 16.1. The molecule has 0 bridgehead atoms. The van der Waals surface area contributed by atoms with Crippen LogP contribution in [0.1, 0.15) is 42.7 Å². The smallest absolute Gasteiger partial charge is 0.231 e. The zero-order valence-electron chi connectivity index (χ0n) is 14.2. The molecule has 0 saturated carbocycles. The quantitative estimate of drug-likeness (QED) is 0.918. The molecule has 1 atom stereocenters. The Morgan fingerprint density at radius 3 is 2.70 bits per heavy atom. The maximum Gasteiger partial charge on any atom is 0.231 e. The largest absolute Gasteiger partial charge is 0.339 e. The summed E-state index contributed by atoms with van der Waals surface area (Å²) in [5.74, 6) is 2.15. The molecular formula is C18H26N4O. The summed E-state index contributed by atoms with van der Waals surface area (Å²) >= 11 is 0. The Bertz CT molecular complexity index is 620. The van der Waals surface area contributed by atoms with Crippen LogP contribution in [0.3, 0.4) is 0 Å². The van der Waals surface area contributed by atoms with Crippen LogP contribution in [-0.4, -0.2) is 41.7 Å². The lowest BCUT2D eigenvalue weighted by Crippen LogP contribution is -2.44. The lowest BCUT2D eigenvalue weighted by molar-refractivity contribution is 0.190. The van der Waals surface area contributed by atoms with E-state index in [2.05, 4.69) is 65.5 Å². The number of nitrogens with zero attached hydrogens (tertiary/aromatic N) is 3. The molecule has 1 aromatic carbocycles. The molecule has 1 fully saturated rings. The highest BCUT2D eigenvalue weighted by Crippen LogP contribution is 2.19. The number of rotatable bonds is 5. The van der Waals surface area contributed by atoms with Gasteiger partial charge in [-0.2, -0.15) is 4.98 Å². The van der Waals surface area contributed by atoms with Crippen LogP contribution in [0.4, 0.5) is 0 Å². The summed E-state index contributed by atoms with van der Waals surface area (Å²) in [7, 11) is 2.11. The Morgan fingerprint density at radius 2 is 2.00 bits per heavy atom. The van der Waals surface area contributed by atoms with Gasteiger partial charge in [0, 0.05) is 19.6 Å². The fraction of sp³-hybridized carbons (Fsp3) is 0.556. The maximum absolute atomic E-state index is 5.45. The van der Waals surface area contributed by atoms with Gasteiger partial charge in [0.25, 0.3) is 0 Å². The second-order valence-corrected chi connectivity index (χ2v) is 6.84. The minimum atomic E-state index is 0.203. The van der Waals surface area contributed by atoms with Crippen molar-refractivity contribution in [3.05, 3.63) is 47.1 Å². The van der Waals surface area contributed by atoms with Crippen LogP contribution in [0.25, 0.3) is 0 Å². The molecule has 1 unspecified atom stereocenters. The second-order valence-electron chi connectivity index (χ2n) is 6.84. The van der Waals surface area contributed by atoms with Crippen LogP contribution in [0.2, 0.25) is 0 Å². The van der Waals surface area contributed by atoms with Crippen LogP contribution in [0, 0.1) is 5.92 Å². The minimum Gasteiger partial charge on any atom is -0.339 e. The molecule has 1 aromatic heterocycles. The highest BCUT2D eigenvalue weighted by atomic mass is 16.5. The van der Waals surface area contributed by atoms with Crippen molar-refractivity contribution in [2.45, 2.75) is 32.7 Å². The van der Waals surface area contributed by atoms with Crippen LogP contribution < -0.4 is 5.32 Å². The normalized spacial score (nSPS) is 19.4. The van der Waals surface area contributed by atoms with E-state index in [1.807, 2.05) is 0 Å². The van der Waals surface area contributed by atoms with Gasteiger partial charge in [-0.3, -0.25) is 4.90 Å². The lowest BCUT2D eigenvalue weighted by Gasteiger charge is -2.30. The van der Waals surface area contributed by atoms with Crippen molar-refractivity contribution < 1.29 is 4.52 Å². The topological polar surface area (TPSA) is 54.2 Å². The molecule has 2 aromatic rings. The van der Waals surface area contributed by atoms with Gasteiger partial charge in [-0.15, -0.1) is 0 Å². The minimum absolute atomic E-state index is 0.203. The van der Waals surface area contributed by atoms with Crippen LogP contribution >= 0.6 is 0 Å². The second kappa shape index (κ2) is 7.23. The van der Waals surface area contributed by atoms with E-state index in [0.717, 1.165) is 31.9 Å². The molecule has 0 aliphatic carbocycles. The molecule has 3 rings (SSSR count). The third-order valence-electron chi connectivity index (χ3n) is 4.32. The Kier molecular flexibility index (Phi) is 5.08. The SMILES string of the molecule is CC(C)Cc1ccc(Cc2nc(C3CNCCN3C)no2)cc1. The van der Waals surface area contributed by atoms with Gasteiger partial charge in [0.2, 0.25) is 5.89 Å². The van der Waals surface area contributed by atoms with Gasteiger partial charge in [-0.1, -0.05) is 43.3 Å². The van der Waals surface area contributed by atoms with Crippen molar-refractivity contribution in [1.29, 1.82) is 0 Å². The standard InChI is InChI=1S/C18H26N4O/c1-13(2)10-14-4-6-15(7-5-14)11-17-20-18(21-23-17)16-12-19-8-9-22(16)3/h4-7,13,16,19H,8-12H2,1-3H3. The van der Waals surface area contributed by atoms with Crippen LogP contribution in [-0.2, 0) is 12.8 Å². The van der Waals surface area contributed by atoms with Gasteiger partial charge in [0.1, 0.15) is 0 Å². The molecule has 1 N–H and O–H groups in total. The zero-order valence-corrected chi connectivity index (χ0v) is 14.2. The van der Waals surface area contributed by atoms with Gasteiger partial charge in [0.15, 0.2) is 5.82 Å². The Labute approximate surface area is 138 Å². The number of benzene rings is 1. The van der Waals surface area contributed by atoms with Gasteiger partial charge < -0.3 is 9.84 Å². The van der Waals surface area contributed by atoms with E-state index in [4.69, 9.17) is 4.52 Å². The molecule has 0 radical (unpaired) electrons. The maximum atomic E-state index is 5.45. The average Bonchev–Trinajstić information content (AvgIpc) is 2.97. The van der Waals surface area contributed by atoms with Crippen molar-refractivity contribution in [2.24, 2.45) is 5.92 Å². The van der Waals surface area contributed by atoms with E-state index < -0.39 is 0 Å². The predicted octanol–water partition coefficient (Wildman–Crippen LogP) is 2.44. The number of hydrogen-bond donors (Lipinski definition) is 1. The predicted molar refractivity (Wildman–Crippen MR) is 90.3 cm³/mol. The third kappa shape index (κ3) is 4.18. The molecule has 0 amide bonds. The summed E-state index contributed by atoms with van der Waals surface area (Å²) in [4.78, 5) is 6.86. The summed E-state index contributed by atoms with van der Waals surface area (Å²) in [6.45, 7) is 7.38. The van der Waals surface area contributed by atoms with Gasteiger partial charge >= 0.3 is 0 Å². The fourth-order valence-electron chi connectivity index (χ4n) is 3.01. The summed E-state index contributed by atoms with van der Waals surface area (Å²) in [6, 6.07) is 8.93. The van der Waals surface area contributed by atoms with Crippen molar-refractivity contribution in [1.82, 2.24) is 20.4 Å². The van der Waals surface area contributed by atoms with Crippen LogP contribution in [0.15, 0.2) is 28.8 Å². The number of hydrogen-bond acceptors (Lipinski definition) is 5. The molecule has 124 valence electrons. The molecule has 23 heavy (non-hydrogen) atoms. The first-order valence-electron chi connectivity index (χ1n) is 8.43. The average molecular weight is 314 g/mol. The number of piperazine rings is 1.